The third-order valence-corrected chi connectivity index (χ3v) is 5.24. The number of sulfone groups is 1. The maximum absolute atomic E-state index is 11.5. The molecule has 94 valence electrons. The van der Waals surface area contributed by atoms with Gasteiger partial charge in [0, 0.05) is 6.26 Å². The molecule has 0 aromatic heterocycles. The second kappa shape index (κ2) is 5.17. The van der Waals surface area contributed by atoms with Crippen molar-refractivity contribution < 1.29 is 18.3 Å². The van der Waals surface area contributed by atoms with E-state index in [2.05, 4.69) is 0 Å². The third-order valence-electron chi connectivity index (χ3n) is 3.60. The van der Waals surface area contributed by atoms with Gasteiger partial charge in [-0.25, -0.2) is 8.42 Å². The SMILES string of the molecule is CCC(C(=O)O)C1CCCC(S(C)(=O)=O)C1. The van der Waals surface area contributed by atoms with Crippen LogP contribution in [0.3, 0.4) is 0 Å². The van der Waals surface area contributed by atoms with Crippen molar-refractivity contribution in [2.24, 2.45) is 11.8 Å². The number of carboxylic acid groups (broad SMARTS) is 1. The highest BCUT2D eigenvalue weighted by Crippen LogP contribution is 2.34. The predicted octanol–water partition coefficient (Wildman–Crippen LogP) is 1.70. The number of rotatable bonds is 4. The van der Waals surface area contributed by atoms with Crippen molar-refractivity contribution in [3.05, 3.63) is 0 Å². The first-order valence-corrected chi connectivity index (χ1v) is 7.73. The van der Waals surface area contributed by atoms with Crippen molar-refractivity contribution in [2.45, 2.75) is 44.3 Å². The Hall–Kier alpha value is -0.580. The summed E-state index contributed by atoms with van der Waals surface area (Å²) >= 11 is 0. The molecule has 4 nitrogen and oxygen atoms in total. The summed E-state index contributed by atoms with van der Waals surface area (Å²) in [5.74, 6) is -1.15. The molecular weight excluding hydrogens is 228 g/mol. The summed E-state index contributed by atoms with van der Waals surface area (Å²) in [7, 11) is -3.02. The molecule has 1 saturated carbocycles. The molecule has 0 saturated heterocycles. The van der Waals surface area contributed by atoms with Gasteiger partial charge in [-0.15, -0.1) is 0 Å². The van der Waals surface area contributed by atoms with E-state index in [1.54, 1.807) is 0 Å². The van der Waals surface area contributed by atoms with Gasteiger partial charge in [0.2, 0.25) is 0 Å². The Morgan fingerprint density at radius 3 is 2.50 bits per heavy atom. The number of aliphatic carboxylic acids is 1. The molecular formula is C11H20O4S. The lowest BCUT2D eigenvalue weighted by molar-refractivity contribution is -0.144. The highest BCUT2D eigenvalue weighted by molar-refractivity contribution is 7.91. The first-order valence-electron chi connectivity index (χ1n) is 5.78. The molecule has 1 aliphatic rings. The van der Waals surface area contributed by atoms with Gasteiger partial charge in [-0.1, -0.05) is 13.3 Å². The van der Waals surface area contributed by atoms with E-state index in [1.807, 2.05) is 6.92 Å². The predicted molar refractivity (Wildman–Crippen MR) is 62.0 cm³/mol. The smallest absolute Gasteiger partial charge is 0.306 e. The maximum atomic E-state index is 11.5. The summed E-state index contributed by atoms with van der Waals surface area (Å²) in [5.41, 5.74) is 0. The molecule has 0 aromatic carbocycles. The topological polar surface area (TPSA) is 71.4 Å². The monoisotopic (exact) mass is 248 g/mol. The van der Waals surface area contributed by atoms with E-state index < -0.39 is 15.8 Å². The highest BCUT2D eigenvalue weighted by atomic mass is 32.2. The molecule has 3 unspecified atom stereocenters. The van der Waals surface area contributed by atoms with Gasteiger partial charge >= 0.3 is 5.97 Å². The Morgan fingerprint density at radius 1 is 1.44 bits per heavy atom. The molecule has 1 rings (SSSR count). The van der Waals surface area contributed by atoms with Crippen molar-refractivity contribution in [3.8, 4) is 0 Å². The van der Waals surface area contributed by atoms with Crippen LogP contribution in [0.15, 0.2) is 0 Å². The van der Waals surface area contributed by atoms with Crippen molar-refractivity contribution in [1.29, 1.82) is 0 Å². The van der Waals surface area contributed by atoms with Crippen LogP contribution in [0.1, 0.15) is 39.0 Å². The molecule has 0 spiro atoms. The molecule has 0 bridgehead atoms. The number of hydrogen-bond acceptors (Lipinski definition) is 3. The van der Waals surface area contributed by atoms with E-state index in [-0.39, 0.29) is 17.1 Å². The lowest BCUT2D eigenvalue weighted by atomic mass is 9.78. The van der Waals surface area contributed by atoms with Crippen LogP contribution in [0.25, 0.3) is 0 Å². The molecule has 5 heteroatoms. The average molecular weight is 248 g/mol. The summed E-state index contributed by atoms with van der Waals surface area (Å²) in [6.45, 7) is 1.85. The van der Waals surface area contributed by atoms with E-state index in [9.17, 15) is 13.2 Å². The quantitative estimate of drug-likeness (QED) is 0.822. The average Bonchev–Trinajstić information content (AvgIpc) is 2.17. The van der Waals surface area contributed by atoms with Gasteiger partial charge < -0.3 is 5.11 Å². The summed E-state index contributed by atoms with van der Waals surface area (Å²) in [4.78, 5) is 11.0. The van der Waals surface area contributed by atoms with Crippen LogP contribution in [-0.2, 0) is 14.6 Å². The second-order valence-electron chi connectivity index (χ2n) is 4.73. The van der Waals surface area contributed by atoms with E-state index in [0.29, 0.717) is 19.3 Å². The van der Waals surface area contributed by atoms with Crippen LogP contribution in [0, 0.1) is 11.8 Å². The third kappa shape index (κ3) is 3.20. The molecule has 1 N–H and O–H groups in total. The minimum atomic E-state index is -3.02. The van der Waals surface area contributed by atoms with Gasteiger partial charge in [0.25, 0.3) is 0 Å². The van der Waals surface area contributed by atoms with Gasteiger partial charge in [0.05, 0.1) is 11.2 Å². The molecule has 0 aromatic rings. The standard InChI is InChI=1S/C11H20O4S/c1-3-10(11(12)13)8-5-4-6-9(7-8)16(2,14)15/h8-10H,3-7H2,1-2H3,(H,12,13). The van der Waals surface area contributed by atoms with Gasteiger partial charge in [-0.2, -0.15) is 0 Å². The highest BCUT2D eigenvalue weighted by Gasteiger charge is 2.35. The van der Waals surface area contributed by atoms with Crippen LogP contribution >= 0.6 is 0 Å². The van der Waals surface area contributed by atoms with Crippen LogP contribution in [0.2, 0.25) is 0 Å². The van der Waals surface area contributed by atoms with Gasteiger partial charge in [0.1, 0.15) is 9.84 Å². The largest absolute Gasteiger partial charge is 0.481 e. The Labute approximate surface area is 97.0 Å². The van der Waals surface area contributed by atoms with Crippen LogP contribution in [0.5, 0.6) is 0 Å². The number of carboxylic acids is 1. The van der Waals surface area contributed by atoms with Crippen molar-refractivity contribution >= 4 is 15.8 Å². The summed E-state index contributed by atoms with van der Waals surface area (Å²) in [5, 5.41) is 8.73. The minimum Gasteiger partial charge on any atom is -0.481 e. The summed E-state index contributed by atoms with van der Waals surface area (Å²) in [6.07, 6.45) is 4.70. The molecule has 0 radical (unpaired) electrons. The zero-order valence-corrected chi connectivity index (χ0v) is 10.7. The van der Waals surface area contributed by atoms with Crippen LogP contribution in [-0.4, -0.2) is 31.0 Å². The fourth-order valence-electron chi connectivity index (χ4n) is 2.64. The molecule has 0 aliphatic heterocycles. The number of carbonyl (C=O) groups is 1. The van der Waals surface area contributed by atoms with E-state index in [4.69, 9.17) is 5.11 Å². The molecule has 3 atom stereocenters. The first-order chi connectivity index (χ1) is 7.36. The second-order valence-corrected chi connectivity index (χ2v) is 7.06. The number of hydrogen-bond donors (Lipinski definition) is 1. The lowest BCUT2D eigenvalue weighted by Crippen LogP contribution is -2.33. The van der Waals surface area contributed by atoms with Crippen LogP contribution in [0.4, 0.5) is 0 Å². The molecule has 0 heterocycles. The fraction of sp³-hybridized carbons (Fsp3) is 0.909. The lowest BCUT2D eigenvalue weighted by Gasteiger charge is -2.31. The fourth-order valence-corrected chi connectivity index (χ4v) is 3.84. The van der Waals surface area contributed by atoms with Crippen LogP contribution < -0.4 is 0 Å². The Morgan fingerprint density at radius 2 is 2.06 bits per heavy atom. The molecule has 0 amide bonds. The van der Waals surface area contributed by atoms with E-state index in [0.717, 1.165) is 12.8 Å². The van der Waals surface area contributed by atoms with E-state index in [1.165, 1.54) is 6.26 Å². The summed E-state index contributed by atoms with van der Waals surface area (Å²) in [6, 6.07) is 0. The van der Waals surface area contributed by atoms with E-state index >= 15 is 0 Å². The van der Waals surface area contributed by atoms with Crippen molar-refractivity contribution in [1.82, 2.24) is 0 Å². The van der Waals surface area contributed by atoms with Gasteiger partial charge in [-0.3, -0.25) is 4.79 Å². The van der Waals surface area contributed by atoms with Crippen molar-refractivity contribution in [2.75, 3.05) is 6.26 Å². The molecule has 16 heavy (non-hydrogen) atoms. The molecule has 1 aliphatic carbocycles. The van der Waals surface area contributed by atoms with Gasteiger partial charge in [0.15, 0.2) is 0 Å². The maximum Gasteiger partial charge on any atom is 0.306 e. The zero-order valence-electron chi connectivity index (χ0n) is 9.85. The zero-order chi connectivity index (χ0) is 12.3. The first kappa shape index (κ1) is 13.5. The van der Waals surface area contributed by atoms with Gasteiger partial charge in [-0.05, 0) is 31.6 Å². The Kier molecular flexibility index (Phi) is 4.35. The Balaban J connectivity index is 2.73. The minimum absolute atomic E-state index is 0.0241. The molecule has 1 fully saturated rings. The normalized spacial score (nSPS) is 28.6. The van der Waals surface area contributed by atoms with Crippen molar-refractivity contribution in [3.63, 3.8) is 0 Å². The summed E-state index contributed by atoms with van der Waals surface area (Å²) < 4.78 is 22.9. The Bertz CT molecular complexity index is 347.